The summed E-state index contributed by atoms with van der Waals surface area (Å²) in [5.74, 6) is -0.932. The SMILES string of the molecule is Cc1cccc(O[C@H](C)C(=O)NNC(=O)CNC(=O)c2ccco2)c1C. The van der Waals surface area contributed by atoms with E-state index in [0.29, 0.717) is 5.75 Å². The lowest BCUT2D eigenvalue weighted by Crippen LogP contribution is -2.50. The summed E-state index contributed by atoms with van der Waals surface area (Å²) in [6, 6.07) is 8.60. The van der Waals surface area contributed by atoms with Crippen molar-refractivity contribution >= 4 is 17.7 Å². The molecule has 1 atom stereocenters. The average Bonchev–Trinajstić information content (AvgIpc) is 3.16. The number of amides is 3. The number of rotatable bonds is 6. The van der Waals surface area contributed by atoms with Crippen molar-refractivity contribution in [2.24, 2.45) is 0 Å². The second kappa shape index (κ2) is 8.70. The minimum absolute atomic E-state index is 0.0948. The van der Waals surface area contributed by atoms with Gasteiger partial charge in [-0.25, -0.2) is 0 Å². The molecule has 0 saturated carbocycles. The van der Waals surface area contributed by atoms with Gasteiger partial charge in [0, 0.05) is 0 Å². The molecule has 0 aliphatic rings. The van der Waals surface area contributed by atoms with E-state index in [9.17, 15) is 14.4 Å². The molecule has 2 rings (SSSR count). The molecule has 8 heteroatoms. The number of carbonyl (C=O) groups is 3. The van der Waals surface area contributed by atoms with E-state index in [1.165, 1.54) is 12.3 Å². The third-order valence-corrected chi connectivity index (χ3v) is 3.71. The van der Waals surface area contributed by atoms with E-state index in [0.717, 1.165) is 11.1 Å². The summed E-state index contributed by atoms with van der Waals surface area (Å²) in [6.07, 6.45) is 0.542. The van der Waals surface area contributed by atoms with Crippen LogP contribution in [0, 0.1) is 13.8 Å². The first-order valence-corrected chi connectivity index (χ1v) is 8.01. The standard InChI is InChI=1S/C18H21N3O5/c1-11-6-4-7-14(12(11)2)26-13(3)17(23)21-20-16(22)10-19-18(24)15-8-5-9-25-15/h4-9,13H,10H2,1-3H3,(H,19,24)(H,20,22)(H,21,23)/t13-/m1/s1. The Morgan fingerprint density at radius 2 is 1.88 bits per heavy atom. The van der Waals surface area contributed by atoms with Crippen molar-refractivity contribution in [2.75, 3.05) is 6.54 Å². The van der Waals surface area contributed by atoms with Gasteiger partial charge in [0.15, 0.2) is 11.9 Å². The first-order valence-electron chi connectivity index (χ1n) is 8.01. The molecule has 1 heterocycles. The summed E-state index contributed by atoms with van der Waals surface area (Å²) in [5.41, 5.74) is 6.46. The first kappa shape index (κ1) is 19.0. The van der Waals surface area contributed by atoms with Crippen molar-refractivity contribution in [3.63, 3.8) is 0 Å². The monoisotopic (exact) mass is 359 g/mol. The number of hydrazine groups is 1. The van der Waals surface area contributed by atoms with Crippen LogP contribution in [0.4, 0.5) is 0 Å². The Morgan fingerprint density at radius 1 is 1.12 bits per heavy atom. The van der Waals surface area contributed by atoms with Crippen LogP contribution < -0.4 is 20.9 Å². The lowest BCUT2D eigenvalue weighted by atomic mass is 10.1. The number of benzene rings is 1. The zero-order chi connectivity index (χ0) is 19.1. The maximum absolute atomic E-state index is 12.0. The molecule has 0 saturated heterocycles. The van der Waals surface area contributed by atoms with E-state index >= 15 is 0 Å². The Labute approximate surface area is 150 Å². The zero-order valence-corrected chi connectivity index (χ0v) is 14.8. The van der Waals surface area contributed by atoms with Crippen LogP contribution in [0.3, 0.4) is 0 Å². The molecule has 0 fully saturated rings. The topological polar surface area (TPSA) is 110 Å². The van der Waals surface area contributed by atoms with Gasteiger partial charge in [0.1, 0.15) is 5.75 Å². The fraction of sp³-hybridized carbons (Fsp3) is 0.278. The van der Waals surface area contributed by atoms with Gasteiger partial charge < -0.3 is 14.5 Å². The Kier molecular flexibility index (Phi) is 6.37. The number of hydrogen-bond acceptors (Lipinski definition) is 5. The van der Waals surface area contributed by atoms with E-state index in [4.69, 9.17) is 9.15 Å². The fourth-order valence-electron chi connectivity index (χ4n) is 2.03. The maximum atomic E-state index is 12.0. The molecule has 3 N–H and O–H groups in total. The van der Waals surface area contributed by atoms with Gasteiger partial charge in [-0.1, -0.05) is 12.1 Å². The Balaban J connectivity index is 1.75. The largest absolute Gasteiger partial charge is 0.481 e. The van der Waals surface area contributed by atoms with E-state index in [1.807, 2.05) is 26.0 Å². The summed E-state index contributed by atoms with van der Waals surface area (Å²) >= 11 is 0. The molecule has 3 amide bonds. The van der Waals surface area contributed by atoms with Gasteiger partial charge in [-0.3, -0.25) is 25.2 Å². The number of ether oxygens (including phenoxy) is 1. The number of carbonyl (C=O) groups excluding carboxylic acids is 3. The molecule has 138 valence electrons. The fourth-order valence-corrected chi connectivity index (χ4v) is 2.03. The van der Waals surface area contributed by atoms with Crippen LogP contribution in [0.2, 0.25) is 0 Å². The molecule has 2 aromatic rings. The van der Waals surface area contributed by atoms with Crippen LogP contribution in [0.15, 0.2) is 41.0 Å². The predicted octanol–water partition coefficient (Wildman–Crippen LogP) is 1.24. The van der Waals surface area contributed by atoms with Crippen molar-refractivity contribution in [3.05, 3.63) is 53.5 Å². The first-order chi connectivity index (χ1) is 12.4. The molecular formula is C18H21N3O5. The molecule has 1 aromatic carbocycles. The summed E-state index contributed by atoms with van der Waals surface area (Å²) in [7, 11) is 0. The van der Waals surface area contributed by atoms with Crippen molar-refractivity contribution in [1.82, 2.24) is 16.2 Å². The lowest BCUT2D eigenvalue weighted by Gasteiger charge is -2.17. The highest BCUT2D eigenvalue weighted by atomic mass is 16.5. The molecule has 0 radical (unpaired) electrons. The van der Waals surface area contributed by atoms with E-state index in [-0.39, 0.29) is 12.3 Å². The van der Waals surface area contributed by atoms with Gasteiger partial charge in [0.25, 0.3) is 17.7 Å². The third-order valence-electron chi connectivity index (χ3n) is 3.71. The number of aryl methyl sites for hydroxylation is 1. The van der Waals surface area contributed by atoms with Crippen LogP contribution >= 0.6 is 0 Å². The summed E-state index contributed by atoms with van der Waals surface area (Å²) < 4.78 is 10.5. The summed E-state index contributed by atoms with van der Waals surface area (Å²) in [6.45, 7) is 5.11. The van der Waals surface area contributed by atoms with Gasteiger partial charge in [0.2, 0.25) is 0 Å². The van der Waals surface area contributed by atoms with Crippen molar-refractivity contribution in [3.8, 4) is 5.75 Å². The van der Waals surface area contributed by atoms with Crippen LogP contribution in [0.1, 0.15) is 28.6 Å². The van der Waals surface area contributed by atoms with Gasteiger partial charge in [-0.2, -0.15) is 0 Å². The number of nitrogens with one attached hydrogen (secondary N) is 3. The number of furan rings is 1. The molecule has 8 nitrogen and oxygen atoms in total. The molecule has 0 spiro atoms. The second-order valence-electron chi connectivity index (χ2n) is 5.66. The van der Waals surface area contributed by atoms with Gasteiger partial charge in [-0.05, 0) is 50.1 Å². The molecule has 0 unspecified atom stereocenters. The minimum Gasteiger partial charge on any atom is -0.481 e. The molecule has 0 aliphatic carbocycles. The lowest BCUT2D eigenvalue weighted by molar-refractivity contribution is -0.132. The van der Waals surface area contributed by atoms with Gasteiger partial charge >= 0.3 is 0 Å². The zero-order valence-electron chi connectivity index (χ0n) is 14.8. The van der Waals surface area contributed by atoms with Crippen LogP contribution in [-0.4, -0.2) is 30.4 Å². The highest BCUT2D eigenvalue weighted by Gasteiger charge is 2.17. The van der Waals surface area contributed by atoms with Crippen molar-refractivity contribution in [2.45, 2.75) is 26.9 Å². The molecule has 0 bridgehead atoms. The maximum Gasteiger partial charge on any atom is 0.287 e. The highest BCUT2D eigenvalue weighted by molar-refractivity contribution is 5.94. The van der Waals surface area contributed by atoms with Crippen LogP contribution in [0.5, 0.6) is 5.75 Å². The predicted molar refractivity (Wildman–Crippen MR) is 93.3 cm³/mol. The van der Waals surface area contributed by atoms with Crippen LogP contribution in [0.25, 0.3) is 0 Å². The van der Waals surface area contributed by atoms with Crippen molar-refractivity contribution in [1.29, 1.82) is 0 Å². The second-order valence-corrected chi connectivity index (χ2v) is 5.66. The normalized spacial score (nSPS) is 11.3. The highest BCUT2D eigenvalue weighted by Crippen LogP contribution is 2.21. The molecule has 1 aromatic heterocycles. The third kappa shape index (κ3) is 5.10. The van der Waals surface area contributed by atoms with Gasteiger partial charge in [0.05, 0.1) is 12.8 Å². The van der Waals surface area contributed by atoms with E-state index in [2.05, 4.69) is 16.2 Å². The summed E-state index contributed by atoms with van der Waals surface area (Å²) in [4.78, 5) is 35.3. The summed E-state index contributed by atoms with van der Waals surface area (Å²) in [5, 5.41) is 2.36. The number of hydrogen-bond donors (Lipinski definition) is 3. The van der Waals surface area contributed by atoms with Crippen molar-refractivity contribution < 1.29 is 23.5 Å². The smallest absolute Gasteiger partial charge is 0.287 e. The molecular weight excluding hydrogens is 338 g/mol. The average molecular weight is 359 g/mol. The Bertz CT molecular complexity index is 786. The van der Waals surface area contributed by atoms with Gasteiger partial charge in [-0.15, -0.1) is 0 Å². The molecule has 0 aliphatic heterocycles. The van der Waals surface area contributed by atoms with E-state index in [1.54, 1.807) is 19.1 Å². The molecule has 26 heavy (non-hydrogen) atoms. The Morgan fingerprint density at radius 3 is 2.58 bits per heavy atom. The minimum atomic E-state index is -0.812. The van der Waals surface area contributed by atoms with E-state index < -0.39 is 23.8 Å². The Hall–Kier alpha value is -3.29. The quantitative estimate of drug-likeness (QED) is 0.672. The van der Waals surface area contributed by atoms with Crippen LogP contribution in [-0.2, 0) is 9.59 Å².